The lowest BCUT2D eigenvalue weighted by Crippen LogP contribution is -2.22. The molecule has 5 nitrogen and oxygen atoms in total. The van der Waals surface area contributed by atoms with Gasteiger partial charge in [0.2, 0.25) is 10.0 Å². The van der Waals surface area contributed by atoms with Gasteiger partial charge in [0.15, 0.2) is 0 Å². The molecule has 6 heteroatoms. The van der Waals surface area contributed by atoms with Crippen molar-refractivity contribution in [3.05, 3.63) is 24.0 Å². The van der Waals surface area contributed by atoms with Crippen molar-refractivity contribution in [2.75, 3.05) is 14.1 Å². The van der Waals surface area contributed by atoms with Crippen LogP contribution in [0.5, 0.6) is 0 Å². The van der Waals surface area contributed by atoms with Crippen LogP contribution in [-0.4, -0.2) is 31.8 Å². The molecule has 0 N–H and O–H groups in total. The number of pyridine rings is 1. The highest BCUT2D eigenvalue weighted by Crippen LogP contribution is 2.12. The molecule has 0 fully saturated rings. The Morgan fingerprint density at radius 1 is 1.43 bits per heavy atom. The van der Waals surface area contributed by atoms with Crippen LogP contribution in [0.3, 0.4) is 0 Å². The van der Waals surface area contributed by atoms with Crippen molar-refractivity contribution >= 4 is 10.0 Å². The minimum absolute atomic E-state index is 0.0292. The van der Waals surface area contributed by atoms with Gasteiger partial charge in [-0.15, -0.1) is 0 Å². The predicted molar refractivity (Wildman–Crippen MR) is 49.8 cm³/mol. The molecule has 0 aliphatic carbocycles. The topological polar surface area (TPSA) is 74.1 Å². The van der Waals surface area contributed by atoms with Crippen molar-refractivity contribution in [2.45, 2.75) is 4.90 Å². The van der Waals surface area contributed by atoms with Crippen molar-refractivity contribution in [1.29, 1.82) is 5.26 Å². The van der Waals surface area contributed by atoms with Gasteiger partial charge >= 0.3 is 0 Å². The Hall–Kier alpha value is -1.45. The van der Waals surface area contributed by atoms with Crippen LogP contribution < -0.4 is 0 Å². The summed E-state index contributed by atoms with van der Waals surface area (Å²) in [4.78, 5) is 3.71. The Kier molecular flexibility index (Phi) is 2.84. The van der Waals surface area contributed by atoms with E-state index in [4.69, 9.17) is 5.26 Å². The van der Waals surface area contributed by atoms with E-state index in [1.54, 1.807) is 0 Å². The highest BCUT2D eigenvalue weighted by molar-refractivity contribution is 7.89. The summed E-state index contributed by atoms with van der Waals surface area (Å²) in [5.74, 6) is 0. The summed E-state index contributed by atoms with van der Waals surface area (Å²) in [6.45, 7) is 0. The zero-order valence-corrected chi connectivity index (χ0v) is 8.61. The number of hydrogen-bond donors (Lipinski definition) is 0. The van der Waals surface area contributed by atoms with Crippen molar-refractivity contribution in [3.63, 3.8) is 0 Å². The van der Waals surface area contributed by atoms with Crippen molar-refractivity contribution in [2.24, 2.45) is 0 Å². The maximum Gasteiger partial charge on any atom is 0.244 e. The molecule has 0 saturated carbocycles. The highest BCUT2D eigenvalue weighted by atomic mass is 32.2. The first-order valence-electron chi connectivity index (χ1n) is 3.76. The maximum absolute atomic E-state index is 11.6. The zero-order valence-electron chi connectivity index (χ0n) is 7.80. The molecule has 0 bridgehead atoms. The molecule has 0 amide bonds. The molecule has 74 valence electrons. The second-order valence-corrected chi connectivity index (χ2v) is 4.96. The Bertz CT molecular complexity index is 474. The number of nitrogens with zero attached hydrogens (tertiary/aromatic N) is 3. The smallest absolute Gasteiger partial charge is 0.244 e. The Balaban J connectivity index is 3.29. The van der Waals surface area contributed by atoms with Crippen LogP contribution in [0.1, 0.15) is 5.56 Å². The van der Waals surface area contributed by atoms with E-state index >= 15 is 0 Å². The van der Waals surface area contributed by atoms with E-state index < -0.39 is 10.0 Å². The largest absolute Gasteiger partial charge is 0.262 e. The maximum atomic E-state index is 11.6. The van der Waals surface area contributed by atoms with E-state index in [-0.39, 0.29) is 10.5 Å². The fourth-order valence-electron chi connectivity index (χ4n) is 0.832. The fraction of sp³-hybridized carbons (Fsp3) is 0.250. The molecule has 1 heterocycles. The normalized spacial score (nSPS) is 11.3. The van der Waals surface area contributed by atoms with Crippen LogP contribution >= 0.6 is 0 Å². The average Bonchev–Trinajstić information content (AvgIpc) is 2.17. The molecule has 0 atom stereocenters. The zero-order chi connectivity index (χ0) is 10.8. The molecule has 1 aromatic heterocycles. The van der Waals surface area contributed by atoms with E-state index in [0.29, 0.717) is 0 Å². The highest BCUT2D eigenvalue weighted by Gasteiger charge is 2.17. The summed E-state index contributed by atoms with van der Waals surface area (Å²) in [5, 5.41) is 8.57. The Morgan fingerprint density at radius 2 is 2.07 bits per heavy atom. The lowest BCUT2D eigenvalue weighted by Gasteiger charge is -2.10. The molecule has 1 aromatic rings. The molecular weight excluding hydrogens is 202 g/mol. The summed E-state index contributed by atoms with van der Waals surface area (Å²) < 4.78 is 24.2. The van der Waals surface area contributed by atoms with Crippen LogP contribution in [0.25, 0.3) is 0 Å². The van der Waals surface area contributed by atoms with Crippen LogP contribution in [-0.2, 0) is 10.0 Å². The van der Waals surface area contributed by atoms with Gasteiger partial charge in [-0.1, -0.05) is 0 Å². The van der Waals surface area contributed by atoms with Gasteiger partial charge < -0.3 is 0 Å². The summed E-state index contributed by atoms with van der Waals surface area (Å²) in [6.07, 6.45) is 2.53. The van der Waals surface area contributed by atoms with Crippen LogP contribution in [0.15, 0.2) is 23.4 Å². The van der Waals surface area contributed by atoms with Gasteiger partial charge in [-0.25, -0.2) is 12.7 Å². The van der Waals surface area contributed by atoms with Gasteiger partial charge in [0.25, 0.3) is 0 Å². The molecule has 0 aliphatic rings. The van der Waals surface area contributed by atoms with Crippen LogP contribution in [0.4, 0.5) is 0 Å². The van der Waals surface area contributed by atoms with Gasteiger partial charge in [-0.3, -0.25) is 4.98 Å². The summed E-state index contributed by atoms with van der Waals surface area (Å²) in [7, 11) is -0.640. The third-order valence-electron chi connectivity index (χ3n) is 1.62. The van der Waals surface area contributed by atoms with Crippen molar-refractivity contribution < 1.29 is 8.42 Å². The quantitative estimate of drug-likeness (QED) is 0.700. The average molecular weight is 211 g/mol. The van der Waals surface area contributed by atoms with E-state index in [2.05, 4.69) is 4.98 Å². The second-order valence-electron chi connectivity index (χ2n) is 2.81. The first-order chi connectivity index (χ1) is 6.48. The Labute approximate surface area is 82.7 Å². The van der Waals surface area contributed by atoms with Crippen molar-refractivity contribution in [1.82, 2.24) is 9.29 Å². The molecule has 1 rings (SSSR count). The van der Waals surface area contributed by atoms with Gasteiger partial charge in [0.05, 0.1) is 5.56 Å². The molecule has 0 aromatic carbocycles. The monoisotopic (exact) mass is 211 g/mol. The van der Waals surface area contributed by atoms with E-state index in [9.17, 15) is 8.42 Å². The molecule has 0 saturated heterocycles. The van der Waals surface area contributed by atoms with Gasteiger partial charge in [-0.2, -0.15) is 5.26 Å². The predicted octanol–water partition coefficient (Wildman–Crippen LogP) is 0.204. The number of hydrogen-bond acceptors (Lipinski definition) is 4. The third kappa shape index (κ3) is 1.89. The summed E-state index contributed by atoms with van der Waals surface area (Å²) >= 11 is 0. The number of rotatable bonds is 2. The van der Waals surface area contributed by atoms with E-state index in [0.717, 1.165) is 4.31 Å². The molecule has 0 aliphatic heterocycles. The summed E-state index contributed by atoms with van der Waals surface area (Å²) in [5.41, 5.74) is 0.230. The molecule has 0 unspecified atom stereocenters. The molecule has 0 radical (unpaired) electrons. The van der Waals surface area contributed by atoms with Gasteiger partial charge in [-0.05, 0) is 6.07 Å². The SMILES string of the molecule is CN(C)S(=O)(=O)c1cncc(C#N)c1. The minimum Gasteiger partial charge on any atom is -0.262 e. The number of nitriles is 1. The molecule has 14 heavy (non-hydrogen) atoms. The van der Waals surface area contributed by atoms with Crippen molar-refractivity contribution in [3.8, 4) is 6.07 Å². The third-order valence-corrected chi connectivity index (χ3v) is 3.40. The van der Waals surface area contributed by atoms with Crippen LogP contribution in [0, 0.1) is 11.3 Å². The minimum atomic E-state index is -3.49. The number of aromatic nitrogens is 1. The number of sulfonamides is 1. The summed E-state index contributed by atoms with van der Waals surface area (Å²) in [6, 6.07) is 3.13. The van der Waals surface area contributed by atoms with Gasteiger partial charge in [0.1, 0.15) is 11.0 Å². The van der Waals surface area contributed by atoms with Gasteiger partial charge in [0, 0.05) is 26.5 Å². The van der Waals surface area contributed by atoms with Crippen LogP contribution in [0.2, 0.25) is 0 Å². The Morgan fingerprint density at radius 3 is 2.57 bits per heavy atom. The van der Waals surface area contributed by atoms with E-state index in [1.807, 2.05) is 6.07 Å². The molecular formula is C8H9N3O2S. The standard InChI is InChI=1S/C8H9N3O2S/c1-11(2)14(12,13)8-3-7(4-9)5-10-6-8/h3,5-6H,1-2H3. The second kappa shape index (κ2) is 3.74. The van der Waals surface area contributed by atoms with E-state index in [1.165, 1.54) is 32.6 Å². The molecule has 0 spiro atoms. The lowest BCUT2D eigenvalue weighted by atomic mass is 10.3. The lowest BCUT2D eigenvalue weighted by molar-refractivity contribution is 0.520. The fourth-order valence-corrected chi connectivity index (χ4v) is 1.72. The first-order valence-corrected chi connectivity index (χ1v) is 5.20. The first kappa shape index (κ1) is 10.6.